The van der Waals surface area contributed by atoms with Crippen LogP contribution >= 0.6 is 11.6 Å². The van der Waals surface area contributed by atoms with Crippen molar-refractivity contribution in [3.8, 4) is 0 Å². The Morgan fingerprint density at radius 1 is 1.14 bits per heavy atom. The number of rotatable bonds is 9. The molecule has 0 fully saturated rings. The van der Waals surface area contributed by atoms with E-state index in [2.05, 4.69) is 4.74 Å². The second kappa shape index (κ2) is 10.1. The molecule has 0 saturated carbocycles. The molecule has 1 aromatic rings. The van der Waals surface area contributed by atoms with Crippen molar-refractivity contribution < 1.29 is 37.0 Å². The van der Waals surface area contributed by atoms with Crippen LogP contribution in [0.5, 0.6) is 0 Å². The van der Waals surface area contributed by atoms with Crippen LogP contribution in [0.1, 0.15) is 32.8 Å². The van der Waals surface area contributed by atoms with Gasteiger partial charge < -0.3 is 14.2 Å². The van der Waals surface area contributed by atoms with Gasteiger partial charge in [-0.25, -0.2) is 9.59 Å². The molecule has 0 N–H and O–H groups in total. The first kappa shape index (κ1) is 24.2. The minimum absolute atomic E-state index is 0.00190. The molecule has 0 aromatic heterocycles. The maximum absolute atomic E-state index is 13.9. The third-order valence-electron chi connectivity index (χ3n) is 3.95. The first-order valence-corrected chi connectivity index (χ1v) is 9.14. The first-order chi connectivity index (χ1) is 13.0. The lowest BCUT2D eigenvalue weighted by Gasteiger charge is -2.34. The minimum Gasteiger partial charge on any atom is -0.463 e. The Hall–Kier alpha value is -1.80. The van der Waals surface area contributed by atoms with E-state index in [0.717, 1.165) is 19.2 Å². The standard InChI is InChI=1S/C19H24ClF3O5/c1-5-27-16(24)15(14(20)11-12(2)3)28-17(25)18(26-4,19(21,22)23)13-9-7-6-8-10-13/h6-10,12,14-15H,5,11H2,1-4H3/t14-,15-,18?/m1/s1. The Morgan fingerprint density at radius 2 is 1.71 bits per heavy atom. The molecule has 1 aromatic carbocycles. The molecule has 0 heterocycles. The summed E-state index contributed by atoms with van der Waals surface area (Å²) in [6.07, 6.45) is -6.65. The number of methoxy groups -OCH3 is 1. The molecule has 158 valence electrons. The van der Waals surface area contributed by atoms with Crippen LogP contribution in [-0.2, 0) is 29.4 Å². The summed E-state index contributed by atoms with van der Waals surface area (Å²) in [5.41, 5.74) is -3.89. The van der Waals surface area contributed by atoms with Gasteiger partial charge in [-0.3, -0.25) is 0 Å². The largest absolute Gasteiger partial charge is 0.463 e. The van der Waals surface area contributed by atoms with Crippen LogP contribution in [0.4, 0.5) is 13.2 Å². The fraction of sp³-hybridized carbons (Fsp3) is 0.579. The SMILES string of the molecule is CCOC(=O)[C@H](OC(=O)C(OC)(c1ccccc1)C(F)(F)F)[C@H](Cl)CC(C)C. The zero-order valence-corrected chi connectivity index (χ0v) is 16.8. The maximum Gasteiger partial charge on any atom is 0.432 e. The molecule has 0 spiro atoms. The lowest BCUT2D eigenvalue weighted by molar-refractivity contribution is -0.278. The fourth-order valence-corrected chi connectivity index (χ4v) is 3.16. The maximum atomic E-state index is 13.9. The molecule has 5 nitrogen and oxygen atoms in total. The van der Waals surface area contributed by atoms with Crippen molar-refractivity contribution in [1.29, 1.82) is 0 Å². The van der Waals surface area contributed by atoms with Crippen molar-refractivity contribution in [3.05, 3.63) is 35.9 Å². The van der Waals surface area contributed by atoms with Gasteiger partial charge in [0, 0.05) is 12.7 Å². The average molecular weight is 425 g/mol. The number of carbonyl (C=O) groups is 2. The summed E-state index contributed by atoms with van der Waals surface area (Å²) in [6.45, 7) is 5.07. The zero-order valence-electron chi connectivity index (χ0n) is 16.1. The number of alkyl halides is 4. The van der Waals surface area contributed by atoms with Crippen LogP contribution < -0.4 is 0 Å². The topological polar surface area (TPSA) is 61.8 Å². The normalized spacial score (nSPS) is 16.2. The number of hydrogen-bond donors (Lipinski definition) is 0. The summed E-state index contributed by atoms with van der Waals surface area (Å²) in [6, 6.07) is 6.32. The highest BCUT2D eigenvalue weighted by Crippen LogP contribution is 2.43. The molecular weight excluding hydrogens is 401 g/mol. The molecule has 0 saturated heterocycles. The molecular formula is C19H24ClF3O5. The van der Waals surface area contributed by atoms with Gasteiger partial charge in [-0.05, 0) is 19.3 Å². The monoisotopic (exact) mass is 424 g/mol. The molecule has 3 atom stereocenters. The van der Waals surface area contributed by atoms with Gasteiger partial charge in [0.25, 0.3) is 5.60 Å². The van der Waals surface area contributed by atoms with E-state index in [1.807, 2.05) is 0 Å². The van der Waals surface area contributed by atoms with Crippen molar-refractivity contribution in [2.75, 3.05) is 13.7 Å². The Morgan fingerprint density at radius 3 is 2.14 bits per heavy atom. The van der Waals surface area contributed by atoms with Crippen LogP contribution in [0.2, 0.25) is 0 Å². The highest BCUT2D eigenvalue weighted by atomic mass is 35.5. The summed E-state index contributed by atoms with van der Waals surface area (Å²) in [5, 5.41) is -1.07. The summed E-state index contributed by atoms with van der Waals surface area (Å²) in [5.74, 6) is -2.81. The summed E-state index contributed by atoms with van der Waals surface area (Å²) in [7, 11) is 0.743. The molecule has 0 amide bonds. The van der Waals surface area contributed by atoms with Crippen LogP contribution in [0.25, 0.3) is 0 Å². The van der Waals surface area contributed by atoms with Crippen molar-refractivity contribution in [3.63, 3.8) is 0 Å². The van der Waals surface area contributed by atoms with Gasteiger partial charge >= 0.3 is 18.1 Å². The van der Waals surface area contributed by atoms with Crippen LogP contribution in [0, 0.1) is 5.92 Å². The predicted octanol–water partition coefficient (Wildman–Crippen LogP) is 4.22. The van der Waals surface area contributed by atoms with Crippen LogP contribution in [0.3, 0.4) is 0 Å². The number of benzene rings is 1. The Bertz CT molecular complexity index is 651. The molecule has 0 bridgehead atoms. The highest BCUT2D eigenvalue weighted by Gasteiger charge is 2.64. The molecule has 0 aliphatic carbocycles. The van der Waals surface area contributed by atoms with E-state index < -0.39 is 40.8 Å². The fourth-order valence-electron chi connectivity index (χ4n) is 2.65. The van der Waals surface area contributed by atoms with Crippen LogP contribution in [0.15, 0.2) is 30.3 Å². The summed E-state index contributed by atoms with van der Waals surface area (Å²) < 4.78 is 56.3. The number of esters is 2. The van der Waals surface area contributed by atoms with Gasteiger partial charge in [-0.15, -0.1) is 11.6 Å². The van der Waals surface area contributed by atoms with Crippen molar-refractivity contribution in [1.82, 2.24) is 0 Å². The third-order valence-corrected chi connectivity index (χ3v) is 4.36. The molecule has 9 heteroatoms. The predicted molar refractivity (Wildman–Crippen MR) is 96.8 cm³/mol. The third kappa shape index (κ3) is 5.38. The average Bonchev–Trinajstić information content (AvgIpc) is 2.59. The second-order valence-electron chi connectivity index (χ2n) is 6.47. The lowest BCUT2D eigenvalue weighted by atomic mass is 9.92. The van der Waals surface area contributed by atoms with Gasteiger partial charge in [-0.2, -0.15) is 13.2 Å². The van der Waals surface area contributed by atoms with Gasteiger partial charge in [-0.1, -0.05) is 44.2 Å². The number of carbonyl (C=O) groups excluding carboxylic acids is 2. The first-order valence-electron chi connectivity index (χ1n) is 8.70. The summed E-state index contributed by atoms with van der Waals surface area (Å²) in [4.78, 5) is 24.9. The molecule has 0 aliphatic rings. The van der Waals surface area contributed by atoms with E-state index in [1.54, 1.807) is 13.8 Å². The van der Waals surface area contributed by atoms with Gasteiger partial charge in [0.2, 0.25) is 6.10 Å². The Kier molecular flexibility index (Phi) is 8.75. The van der Waals surface area contributed by atoms with Crippen molar-refractivity contribution in [2.45, 2.75) is 50.5 Å². The Balaban J connectivity index is 3.34. The quantitative estimate of drug-likeness (QED) is 0.439. The van der Waals surface area contributed by atoms with Gasteiger partial charge in [0.05, 0.1) is 12.0 Å². The van der Waals surface area contributed by atoms with Gasteiger partial charge in [0.15, 0.2) is 0 Å². The second-order valence-corrected chi connectivity index (χ2v) is 7.03. The molecule has 1 unspecified atom stereocenters. The minimum atomic E-state index is -5.15. The molecule has 28 heavy (non-hydrogen) atoms. The van der Waals surface area contributed by atoms with E-state index in [9.17, 15) is 22.8 Å². The molecule has 0 aliphatic heterocycles. The molecule has 0 radical (unpaired) electrons. The van der Waals surface area contributed by atoms with Crippen molar-refractivity contribution >= 4 is 23.5 Å². The molecule has 1 rings (SSSR count). The van der Waals surface area contributed by atoms with E-state index in [0.29, 0.717) is 0 Å². The highest BCUT2D eigenvalue weighted by molar-refractivity contribution is 6.22. The van der Waals surface area contributed by atoms with E-state index in [1.165, 1.54) is 25.1 Å². The van der Waals surface area contributed by atoms with E-state index in [-0.39, 0.29) is 18.9 Å². The van der Waals surface area contributed by atoms with E-state index >= 15 is 0 Å². The lowest BCUT2D eigenvalue weighted by Crippen LogP contribution is -2.54. The zero-order chi connectivity index (χ0) is 21.5. The summed E-state index contributed by atoms with van der Waals surface area (Å²) >= 11 is 6.17. The number of halogens is 4. The smallest absolute Gasteiger partial charge is 0.432 e. The number of hydrogen-bond acceptors (Lipinski definition) is 5. The Labute approximate surface area is 167 Å². The van der Waals surface area contributed by atoms with Crippen LogP contribution in [-0.4, -0.2) is 43.3 Å². The van der Waals surface area contributed by atoms with Gasteiger partial charge in [0.1, 0.15) is 0 Å². The van der Waals surface area contributed by atoms with E-state index in [4.69, 9.17) is 21.1 Å². The number of ether oxygens (including phenoxy) is 3. The van der Waals surface area contributed by atoms with Crippen molar-refractivity contribution in [2.24, 2.45) is 5.92 Å².